The number of benzene rings is 1. The van der Waals surface area contributed by atoms with Gasteiger partial charge in [0.2, 0.25) is 10.9 Å². The van der Waals surface area contributed by atoms with Gasteiger partial charge in [-0.1, -0.05) is 12.5 Å². The van der Waals surface area contributed by atoms with Gasteiger partial charge in [-0.3, -0.25) is 14.0 Å². The number of hydrogen-bond acceptors (Lipinski definition) is 5. The van der Waals surface area contributed by atoms with E-state index in [0.717, 1.165) is 31.5 Å². The molecule has 1 fully saturated rings. The van der Waals surface area contributed by atoms with Crippen LogP contribution in [0.25, 0.3) is 0 Å². The minimum atomic E-state index is -5.24. The summed E-state index contributed by atoms with van der Waals surface area (Å²) < 4.78 is 65.0. The van der Waals surface area contributed by atoms with Crippen molar-refractivity contribution in [1.82, 2.24) is 4.90 Å². The quantitative estimate of drug-likeness (QED) is 0.827. The van der Waals surface area contributed by atoms with Crippen molar-refractivity contribution >= 4 is 10.9 Å². The molecule has 1 aliphatic heterocycles. The first-order chi connectivity index (χ1) is 10.7. The highest BCUT2D eigenvalue weighted by atomic mass is 32.3. The van der Waals surface area contributed by atoms with Crippen molar-refractivity contribution in [3.8, 4) is 11.5 Å². The van der Waals surface area contributed by atoms with Crippen molar-refractivity contribution < 1.29 is 31.2 Å². The minimum Gasteiger partial charge on any atom is -0.496 e. The van der Waals surface area contributed by atoms with E-state index in [1.54, 1.807) is 6.07 Å². The molecule has 0 atom stereocenters. The van der Waals surface area contributed by atoms with Crippen LogP contribution < -0.4 is 8.92 Å². The molecule has 0 spiro atoms. The first-order valence-corrected chi connectivity index (χ1v) is 8.63. The summed E-state index contributed by atoms with van der Waals surface area (Å²) in [7, 11) is -3.78. The van der Waals surface area contributed by atoms with E-state index in [2.05, 4.69) is 9.08 Å². The lowest BCUT2D eigenvalue weighted by Crippen LogP contribution is -2.29. The van der Waals surface area contributed by atoms with Gasteiger partial charge in [0, 0.05) is 18.2 Å². The number of nitrogens with zero attached hydrogens (tertiary/aromatic N) is 1. The number of rotatable bonds is 5. The van der Waals surface area contributed by atoms with Gasteiger partial charge in [0.05, 0.1) is 7.11 Å². The third-order valence-electron chi connectivity index (χ3n) is 3.62. The van der Waals surface area contributed by atoms with Crippen LogP contribution in [0.4, 0.5) is 13.2 Å². The van der Waals surface area contributed by atoms with Crippen LogP contribution in [0.2, 0.25) is 0 Å². The normalized spacial score (nSPS) is 17.8. The fourth-order valence-corrected chi connectivity index (χ4v) is 2.91. The Hall–Kier alpha value is -1.16. The van der Waals surface area contributed by atoms with Crippen molar-refractivity contribution in [3.63, 3.8) is 0 Å². The van der Waals surface area contributed by atoms with Gasteiger partial charge in [-0.25, -0.2) is 0 Å². The smallest absolute Gasteiger partial charge is 0.496 e. The Labute approximate surface area is 134 Å². The molecule has 1 aromatic rings. The van der Waals surface area contributed by atoms with Crippen molar-refractivity contribution in [3.05, 3.63) is 23.8 Å². The molecule has 1 aliphatic rings. The predicted octanol–water partition coefficient (Wildman–Crippen LogP) is 4.25. The number of methoxy groups -OCH3 is 1. The monoisotopic (exact) mass is 355 g/mol. The van der Waals surface area contributed by atoms with Gasteiger partial charge in [0.1, 0.15) is 11.5 Å². The van der Waals surface area contributed by atoms with Gasteiger partial charge in [-0.2, -0.15) is 13.2 Å². The maximum Gasteiger partial charge on any atom is 0.504 e. The number of halogens is 3. The van der Waals surface area contributed by atoms with Crippen LogP contribution >= 0.6 is 10.9 Å². The number of hydrogen-bond donors (Lipinski definition) is 2. The highest BCUT2D eigenvalue weighted by Gasteiger charge is 2.52. The van der Waals surface area contributed by atoms with Crippen molar-refractivity contribution in [1.29, 1.82) is 0 Å². The Bertz CT molecular complexity index is 533. The van der Waals surface area contributed by atoms with E-state index in [-0.39, 0.29) is 5.75 Å². The third kappa shape index (κ3) is 4.66. The molecule has 0 unspecified atom stereocenters. The van der Waals surface area contributed by atoms with E-state index in [1.807, 2.05) is 0 Å². The topological polar surface area (TPSA) is 62.2 Å². The van der Waals surface area contributed by atoms with E-state index in [1.165, 1.54) is 25.7 Å². The van der Waals surface area contributed by atoms with Crippen LogP contribution in [0.3, 0.4) is 0 Å². The molecule has 1 aromatic carbocycles. The fraction of sp³-hybridized carbons (Fsp3) is 0.571. The molecule has 132 valence electrons. The molecule has 9 heteroatoms. The van der Waals surface area contributed by atoms with Crippen LogP contribution in [-0.2, 0) is 6.54 Å². The summed E-state index contributed by atoms with van der Waals surface area (Å²) >= 11 is 0. The maximum atomic E-state index is 12.5. The lowest BCUT2D eigenvalue weighted by atomic mass is 10.1. The van der Waals surface area contributed by atoms with Gasteiger partial charge < -0.3 is 8.92 Å². The highest BCUT2D eigenvalue weighted by molar-refractivity contribution is 8.21. The van der Waals surface area contributed by atoms with Crippen molar-refractivity contribution in [2.75, 3.05) is 20.2 Å². The van der Waals surface area contributed by atoms with Gasteiger partial charge in [0.25, 0.3) is 0 Å². The second-order valence-electron chi connectivity index (χ2n) is 5.34. The van der Waals surface area contributed by atoms with E-state index in [4.69, 9.17) is 13.8 Å². The average molecular weight is 355 g/mol. The zero-order valence-electron chi connectivity index (χ0n) is 12.7. The first-order valence-electron chi connectivity index (χ1n) is 7.16. The lowest BCUT2D eigenvalue weighted by molar-refractivity contribution is -0.0612. The van der Waals surface area contributed by atoms with E-state index in [9.17, 15) is 13.2 Å². The van der Waals surface area contributed by atoms with Gasteiger partial charge in [-0.05, 0) is 32.0 Å². The fourth-order valence-electron chi connectivity index (χ4n) is 2.45. The Morgan fingerprint density at radius 3 is 2.39 bits per heavy atom. The predicted molar refractivity (Wildman–Crippen MR) is 81.7 cm³/mol. The molecule has 0 bridgehead atoms. The molecule has 2 N–H and O–H groups in total. The minimum absolute atomic E-state index is 0.304. The summed E-state index contributed by atoms with van der Waals surface area (Å²) in [5, 5.41) is 0. The number of alkyl halides is 3. The van der Waals surface area contributed by atoms with E-state index < -0.39 is 16.4 Å². The molecule has 2 rings (SSSR count). The summed E-state index contributed by atoms with van der Waals surface area (Å²) in [6.07, 6.45) is 3.45. The molecule has 0 aromatic heterocycles. The van der Waals surface area contributed by atoms with Gasteiger partial charge in [0.15, 0.2) is 0 Å². The van der Waals surface area contributed by atoms with Gasteiger partial charge >= 0.3 is 5.51 Å². The van der Waals surface area contributed by atoms with Gasteiger partial charge in [-0.15, -0.1) is 0 Å². The second-order valence-corrected chi connectivity index (χ2v) is 6.96. The molecule has 23 heavy (non-hydrogen) atoms. The average Bonchev–Trinajstić information content (AvgIpc) is 2.48. The number of likely N-dealkylation sites (tertiary alicyclic amines) is 1. The Kier molecular flexibility index (Phi) is 5.66. The van der Waals surface area contributed by atoms with Crippen LogP contribution in [0.5, 0.6) is 11.5 Å². The molecule has 0 radical (unpaired) electrons. The van der Waals surface area contributed by atoms with Crippen LogP contribution in [0.15, 0.2) is 18.2 Å². The summed E-state index contributed by atoms with van der Waals surface area (Å²) in [6.45, 7) is 2.56. The Balaban J connectivity index is 2.12. The standard InChI is InChI=1S/C14H20F3NO4S/c1-21-13-9-12(22-23(19,20)14(15,16)17)6-5-11(13)10-18-7-3-2-4-8-18/h5-6,9,19-20H,2-4,7-8,10H2,1H3. The first kappa shape index (κ1) is 18.2. The molecule has 0 amide bonds. The summed E-state index contributed by atoms with van der Waals surface area (Å²) in [5.41, 5.74) is -4.43. The number of ether oxygens (including phenoxy) is 1. The summed E-state index contributed by atoms with van der Waals surface area (Å²) in [6, 6.07) is 4.09. The molecule has 1 saturated heterocycles. The highest BCUT2D eigenvalue weighted by Crippen LogP contribution is 2.56. The Morgan fingerprint density at radius 2 is 1.83 bits per heavy atom. The van der Waals surface area contributed by atoms with Crippen LogP contribution in [0.1, 0.15) is 24.8 Å². The summed E-state index contributed by atoms with van der Waals surface area (Å²) in [5.74, 6) is 0.0482. The summed E-state index contributed by atoms with van der Waals surface area (Å²) in [4.78, 5) is 2.24. The third-order valence-corrected chi connectivity index (χ3v) is 4.64. The number of piperidine rings is 1. The van der Waals surface area contributed by atoms with Crippen LogP contribution in [-0.4, -0.2) is 39.7 Å². The molecular formula is C14H20F3NO4S. The molecule has 5 nitrogen and oxygen atoms in total. The second kappa shape index (κ2) is 7.16. The molecular weight excluding hydrogens is 335 g/mol. The largest absolute Gasteiger partial charge is 0.504 e. The zero-order valence-corrected chi connectivity index (χ0v) is 13.5. The SMILES string of the molecule is COc1cc(OS(O)(O)C(F)(F)F)ccc1CN1CCCCC1. The molecule has 0 saturated carbocycles. The zero-order chi connectivity index (χ0) is 17.1. The maximum absolute atomic E-state index is 12.5. The molecule has 1 heterocycles. The van der Waals surface area contributed by atoms with Crippen molar-refractivity contribution in [2.24, 2.45) is 0 Å². The lowest BCUT2D eigenvalue weighted by Gasteiger charge is -2.29. The Morgan fingerprint density at radius 1 is 1.17 bits per heavy atom. The van der Waals surface area contributed by atoms with E-state index in [0.29, 0.717) is 12.3 Å². The molecule has 0 aliphatic carbocycles. The van der Waals surface area contributed by atoms with Crippen LogP contribution in [0, 0.1) is 0 Å². The van der Waals surface area contributed by atoms with E-state index >= 15 is 0 Å². The van der Waals surface area contributed by atoms with Crippen molar-refractivity contribution in [2.45, 2.75) is 31.3 Å².